The van der Waals surface area contributed by atoms with E-state index >= 15 is 0 Å². The summed E-state index contributed by atoms with van der Waals surface area (Å²) in [6, 6.07) is 4.53. The summed E-state index contributed by atoms with van der Waals surface area (Å²) in [6.07, 6.45) is 0.385. The fourth-order valence-electron chi connectivity index (χ4n) is 3.50. The molecule has 0 spiro atoms. The van der Waals surface area contributed by atoms with Gasteiger partial charge in [-0.25, -0.2) is 15.0 Å². The monoisotopic (exact) mass is 475 g/mol. The quantitative estimate of drug-likeness (QED) is 0.585. The van der Waals surface area contributed by atoms with Crippen LogP contribution in [-0.4, -0.2) is 33.3 Å². The van der Waals surface area contributed by atoms with Crippen LogP contribution in [0.25, 0.3) is 10.6 Å². The van der Waals surface area contributed by atoms with Gasteiger partial charge in [0, 0.05) is 58.8 Å². The van der Waals surface area contributed by atoms with Crippen LogP contribution in [0.3, 0.4) is 0 Å². The van der Waals surface area contributed by atoms with Gasteiger partial charge in [0.15, 0.2) is 0 Å². The van der Waals surface area contributed by atoms with Crippen molar-refractivity contribution in [3.05, 3.63) is 58.6 Å². The standard InChI is InChI=1S/C22H20F3N5O2S/c1-12-9-26-20(33-12)15-6-14(7-17(8-15)30-5-3-4-18(30)31)19(32)29-13(2)16-10-27-21(28-11-16)22(23,24)25/h6-11,13H,3-5H2,1-2H3,(H,29,32)/t13-/m1/s1. The molecule has 0 aliphatic carbocycles. The highest BCUT2D eigenvalue weighted by atomic mass is 32.1. The molecule has 0 radical (unpaired) electrons. The molecule has 1 N–H and O–H groups in total. The Morgan fingerprint density at radius 3 is 2.45 bits per heavy atom. The smallest absolute Gasteiger partial charge is 0.345 e. The number of amides is 2. The first-order chi connectivity index (χ1) is 15.6. The zero-order valence-electron chi connectivity index (χ0n) is 17.8. The van der Waals surface area contributed by atoms with Gasteiger partial charge in [-0.15, -0.1) is 11.3 Å². The molecule has 1 aromatic carbocycles. The molecule has 1 aliphatic rings. The van der Waals surface area contributed by atoms with Gasteiger partial charge in [-0.2, -0.15) is 13.2 Å². The van der Waals surface area contributed by atoms with Crippen molar-refractivity contribution in [2.75, 3.05) is 11.4 Å². The summed E-state index contributed by atoms with van der Waals surface area (Å²) >= 11 is 1.47. The third kappa shape index (κ3) is 5.03. The van der Waals surface area contributed by atoms with E-state index < -0.39 is 23.9 Å². The number of carbonyl (C=O) groups excluding carboxylic acids is 2. The lowest BCUT2D eigenvalue weighted by Gasteiger charge is -2.19. The van der Waals surface area contributed by atoms with Crippen molar-refractivity contribution in [1.82, 2.24) is 20.3 Å². The lowest BCUT2D eigenvalue weighted by atomic mass is 10.1. The van der Waals surface area contributed by atoms with Crippen LogP contribution in [0.15, 0.2) is 36.8 Å². The predicted octanol–water partition coefficient (Wildman–Crippen LogP) is 4.55. The van der Waals surface area contributed by atoms with Crippen LogP contribution in [0.5, 0.6) is 0 Å². The van der Waals surface area contributed by atoms with E-state index in [-0.39, 0.29) is 5.91 Å². The molecule has 33 heavy (non-hydrogen) atoms. The van der Waals surface area contributed by atoms with Gasteiger partial charge in [-0.05, 0) is 38.5 Å². The van der Waals surface area contributed by atoms with Crippen molar-refractivity contribution in [2.45, 2.75) is 38.9 Å². The maximum atomic E-state index is 13.0. The minimum Gasteiger partial charge on any atom is -0.345 e. The molecule has 1 atom stereocenters. The average molecular weight is 475 g/mol. The number of carbonyl (C=O) groups is 2. The number of nitrogens with one attached hydrogen (secondary N) is 1. The molecule has 1 fully saturated rings. The third-order valence-corrected chi connectivity index (χ3v) is 6.17. The number of benzene rings is 1. The number of alkyl halides is 3. The molecule has 172 valence electrons. The summed E-state index contributed by atoms with van der Waals surface area (Å²) in [7, 11) is 0. The Labute approximate surface area is 191 Å². The first-order valence-electron chi connectivity index (χ1n) is 10.2. The van der Waals surface area contributed by atoms with Crippen LogP contribution >= 0.6 is 11.3 Å². The number of aromatic nitrogens is 3. The molecule has 1 saturated heterocycles. The molecule has 0 bridgehead atoms. The molecule has 2 aromatic heterocycles. The van der Waals surface area contributed by atoms with Crippen LogP contribution in [0.2, 0.25) is 0 Å². The SMILES string of the molecule is Cc1cnc(-c2cc(C(=O)N[C@H](C)c3cnc(C(F)(F)F)nc3)cc(N3CCCC3=O)c2)s1. The van der Waals surface area contributed by atoms with Crippen LogP contribution in [0.4, 0.5) is 18.9 Å². The predicted molar refractivity (Wildman–Crippen MR) is 117 cm³/mol. The van der Waals surface area contributed by atoms with Crippen LogP contribution in [0.1, 0.15) is 52.4 Å². The summed E-state index contributed by atoms with van der Waals surface area (Å²) < 4.78 is 38.1. The van der Waals surface area contributed by atoms with Crippen LogP contribution < -0.4 is 10.2 Å². The minimum atomic E-state index is -4.64. The maximum absolute atomic E-state index is 13.0. The number of anilines is 1. The Kier molecular flexibility index (Phi) is 6.15. The van der Waals surface area contributed by atoms with Crippen molar-refractivity contribution in [3.8, 4) is 10.6 Å². The lowest BCUT2D eigenvalue weighted by molar-refractivity contribution is -0.145. The number of thiazole rings is 1. The van der Waals surface area contributed by atoms with Crippen LogP contribution in [-0.2, 0) is 11.0 Å². The maximum Gasteiger partial charge on any atom is 0.451 e. The Bertz CT molecular complexity index is 1190. The molecule has 0 unspecified atom stereocenters. The first-order valence-corrected chi connectivity index (χ1v) is 11.0. The van der Waals surface area contributed by atoms with E-state index in [0.717, 1.165) is 28.7 Å². The number of halogens is 3. The number of nitrogens with zero attached hydrogens (tertiary/aromatic N) is 4. The second kappa shape index (κ2) is 8.89. The fourth-order valence-corrected chi connectivity index (χ4v) is 4.25. The van der Waals surface area contributed by atoms with Crippen molar-refractivity contribution in [2.24, 2.45) is 0 Å². The van der Waals surface area contributed by atoms with Gasteiger partial charge in [-0.1, -0.05) is 0 Å². The summed E-state index contributed by atoms with van der Waals surface area (Å²) in [6.45, 7) is 4.12. The van der Waals surface area contributed by atoms with E-state index in [2.05, 4.69) is 20.3 Å². The van der Waals surface area contributed by atoms with Gasteiger partial charge in [0.25, 0.3) is 5.91 Å². The summed E-state index contributed by atoms with van der Waals surface area (Å²) in [5.74, 6) is -1.69. The van der Waals surface area contributed by atoms with Gasteiger partial charge >= 0.3 is 6.18 Å². The normalized spacial score (nSPS) is 15.1. The molecule has 3 aromatic rings. The molecule has 7 nitrogen and oxygen atoms in total. The van der Waals surface area contributed by atoms with Crippen molar-refractivity contribution in [1.29, 1.82) is 0 Å². The van der Waals surface area contributed by atoms with E-state index in [4.69, 9.17) is 0 Å². The highest BCUT2D eigenvalue weighted by Crippen LogP contribution is 2.32. The van der Waals surface area contributed by atoms with Crippen molar-refractivity contribution >= 4 is 28.8 Å². The average Bonchev–Trinajstić information content (AvgIpc) is 3.41. The number of hydrogen-bond donors (Lipinski definition) is 1. The Morgan fingerprint density at radius 2 is 1.88 bits per heavy atom. The number of hydrogen-bond acceptors (Lipinski definition) is 6. The fraction of sp³-hybridized carbons (Fsp3) is 0.318. The largest absolute Gasteiger partial charge is 0.451 e. The Morgan fingerprint density at radius 1 is 1.15 bits per heavy atom. The van der Waals surface area contributed by atoms with Gasteiger partial charge < -0.3 is 10.2 Å². The zero-order chi connectivity index (χ0) is 23.8. The molecule has 11 heteroatoms. The summed E-state index contributed by atoms with van der Waals surface area (Å²) in [5, 5.41) is 3.48. The van der Waals surface area contributed by atoms with E-state index in [0.29, 0.717) is 35.3 Å². The molecular weight excluding hydrogens is 455 g/mol. The van der Waals surface area contributed by atoms with Gasteiger partial charge in [0.1, 0.15) is 5.01 Å². The molecule has 3 heterocycles. The number of rotatable bonds is 5. The molecular formula is C22H20F3N5O2S. The molecule has 2 amide bonds. The summed E-state index contributed by atoms with van der Waals surface area (Å²) in [4.78, 5) is 39.1. The third-order valence-electron chi connectivity index (χ3n) is 5.21. The Hall–Kier alpha value is -3.34. The molecule has 4 rings (SSSR count). The van der Waals surface area contributed by atoms with Gasteiger partial charge in [0.05, 0.1) is 6.04 Å². The first kappa shape index (κ1) is 22.8. The molecule has 0 saturated carbocycles. The second-order valence-electron chi connectivity index (χ2n) is 7.73. The number of aryl methyl sites for hydroxylation is 1. The van der Waals surface area contributed by atoms with Gasteiger partial charge in [0.2, 0.25) is 11.7 Å². The van der Waals surface area contributed by atoms with Crippen molar-refractivity contribution in [3.63, 3.8) is 0 Å². The van der Waals surface area contributed by atoms with E-state index in [1.54, 1.807) is 30.2 Å². The van der Waals surface area contributed by atoms with E-state index in [1.165, 1.54) is 11.3 Å². The lowest BCUT2D eigenvalue weighted by Crippen LogP contribution is -2.28. The van der Waals surface area contributed by atoms with Crippen molar-refractivity contribution < 1.29 is 22.8 Å². The Balaban J connectivity index is 1.61. The minimum absolute atomic E-state index is 0.0101. The second-order valence-corrected chi connectivity index (χ2v) is 8.96. The van der Waals surface area contributed by atoms with Gasteiger partial charge in [-0.3, -0.25) is 9.59 Å². The molecule has 1 aliphatic heterocycles. The zero-order valence-corrected chi connectivity index (χ0v) is 18.6. The summed E-state index contributed by atoms with van der Waals surface area (Å²) in [5.41, 5.74) is 1.97. The highest BCUT2D eigenvalue weighted by molar-refractivity contribution is 7.14. The van der Waals surface area contributed by atoms with Crippen LogP contribution in [0, 0.1) is 6.92 Å². The highest BCUT2D eigenvalue weighted by Gasteiger charge is 2.34. The van der Waals surface area contributed by atoms with E-state index in [1.807, 2.05) is 13.0 Å². The topological polar surface area (TPSA) is 88.1 Å². The van der Waals surface area contributed by atoms with E-state index in [9.17, 15) is 22.8 Å².